The Balaban J connectivity index is 1.49. The lowest BCUT2D eigenvalue weighted by molar-refractivity contribution is -0.192. The van der Waals surface area contributed by atoms with Gasteiger partial charge < -0.3 is 14.1 Å². The molecular weight excluding hydrogens is 306 g/mol. The molecule has 0 aromatic carbocycles. The van der Waals surface area contributed by atoms with Gasteiger partial charge >= 0.3 is 0 Å². The zero-order valence-electron chi connectivity index (χ0n) is 14.1. The third kappa shape index (κ3) is 2.20. The molecule has 6 nitrogen and oxygen atoms in total. The molecule has 2 aliphatic carbocycles. The average molecular weight is 329 g/mol. The maximum absolute atomic E-state index is 12.8. The molecule has 2 heterocycles. The molecule has 1 spiro atoms. The molecule has 2 atom stereocenters. The zero-order chi connectivity index (χ0) is 16.7. The van der Waals surface area contributed by atoms with Crippen molar-refractivity contribution in [2.75, 3.05) is 13.7 Å². The minimum absolute atomic E-state index is 0.0460. The molecule has 0 radical (unpaired) electrons. The summed E-state index contributed by atoms with van der Waals surface area (Å²) < 4.78 is 11.2. The molecule has 1 N–H and O–H groups in total. The van der Waals surface area contributed by atoms with E-state index in [1.165, 1.54) is 6.42 Å². The molecule has 2 aromatic rings. The second-order valence-electron chi connectivity index (χ2n) is 6.84. The highest BCUT2D eigenvalue weighted by atomic mass is 16.5. The second kappa shape index (κ2) is 5.77. The van der Waals surface area contributed by atoms with Crippen LogP contribution in [0.15, 0.2) is 28.9 Å². The van der Waals surface area contributed by atoms with Gasteiger partial charge in [-0.3, -0.25) is 9.89 Å². The largest absolute Gasteiger partial charge is 0.463 e. The van der Waals surface area contributed by atoms with Crippen molar-refractivity contribution < 1.29 is 13.9 Å². The first-order valence-corrected chi connectivity index (χ1v) is 8.64. The van der Waals surface area contributed by atoms with Gasteiger partial charge in [-0.25, -0.2) is 0 Å². The van der Waals surface area contributed by atoms with Crippen molar-refractivity contribution in [1.29, 1.82) is 0 Å². The number of amides is 1. The molecule has 128 valence electrons. The molecular formula is C18H23N3O3. The van der Waals surface area contributed by atoms with Gasteiger partial charge in [0, 0.05) is 31.2 Å². The van der Waals surface area contributed by atoms with Gasteiger partial charge in [0.25, 0.3) is 5.91 Å². The molecule has 2 aliphatic rings. The standard InChI is InChI=1S/C18H23N3O3/c1-3-23-16-11-15(18(16)7-5-8-18)21(2)17(22)13-10-12(19-20-13)14-6-4-9-24-14/h4,6,9-10,15-16H,3,5,7-8,11H2,1-2H3,(H,19,20)/t15-,16+/m1/s1. The van der Waals surface area contributed by atoms with Crippen LogP contribution in [-0.4, -0.2) is 46.8 Å². The van der Waals surface area contributed by atoms with Crippen LogP contribution in [-0.2, 0) is 4.74 Å². The minimum atomic E-state index is -0.0460. The van der Waals surface area contributed by atoms with Crippen molar-refractivity contribution in [1.82, 2.24) is 15.1 Å². The summed E-state index contributed by atoms with van der Waals surface area (Å²) in [5.41, 5.74) is 1.31. The van der Waals surface area contributed by atoms with Crippen molar-refractivity contribution >= 4 is 5.91 Å². The molecule has 24 heavy (non-hydrogen) atoms. The van der Waals surface area contributed by atoms with Crippen LogP contribution < -0.4 is 0 Å². The van der Waals surface area contributed by atoms with Gasteiger partial charge in [-0.2, -0.15) is 5.10 Å². The van der Waals surface area contributed by atoms with Gasteiger partial charge in [-0.05, 0) is 38.3 Å². The van der Waals surface area contributed by atoms with Crippen LogP contribution in [0.25, 0.3) is 11.5 Å². The number of hydrogen-bond donors (Lipinski definition) is 1. The number of carbonyl (C=O) groups is 1. The second-order valence-corrected chi connectivity index (χ2v) is 6.84. The highest BCUT2D eigenvalue weighted by Gasteiger charge is 2.61. The number of rotatable bonds is 5. The van der Waals surface area contributed by atoms with Crippen molar-refractivity contribution in [2.45, 2.75) is 44.8 Å². The van der Waals surface area contributed by atoms with Crippen LogP contribution in [0.4, 0.5) is 0 Å². The SMILES string of the molecule is CCO[C@H]1C[C@@H](N(C)C(=O)c2cc(-c3ccco3)[nH]n2)C12CCC2. The van der Waals surface area contributed by atoms with Gasteiger partial charge in [0.15, 0.2) is 11.5 Å². The Hall–Kier alpha value is -2.08. The summed E-state index contributed by atoms with van der Waals surface area (Å²) in [5, 5.41) is 7.05. The first kappa shape index (κ1) is 15.4. The van der Waals surface area contributed by atoms with Gasteiger partial charge in [-0.1, -0.05) is 6.42 Å². The fourth-order valence-corrected chi connectivity index (χ4v) is 4.26. The van der Waals surface area contributed by atoms with E-state index in [0.29, 0.717) is 17.6 Å². The van der Waals surface area contributed by atoms with Crippen LogP contribution >= 0.6 is 0 Å². The number of nitrogens with one attached hydrogen (secondary N) is 1. The third-order valence-electron chi connectivity index (χ3n) is 5.77. The van der Waals surface area contributed by atoms with Crippen molar-refractivity contribution in [2.24, 2.45) is 5.41 Å². The lowest BCUT2D eigenvalue weighted by Crippen LogP contribution is -2.67. The Morgan fingerprint density at radius 1 is 1.54 bits per heavy atom. The number of furan rings is 1. The number of aromatic amines is 1. The van der Waals surface area contributed by atoms with Crippen LogP contribution in [0.2, 0.25) is 0 Å². The lowest BCUT2D eigenvalue weighted by Gasteiger charge is -2.63. The molecule has 0 unspecified atom stereocenters. The monoisotopic (exact) mass is 329 g/mol. The summed E-state index contributed by atoms with van der Waals surface area (Å²) in [6.45, 7) is 2.77. The van der Waals surface area contributed by atoms with Gasteiger partial charge in [0.2, 0.25) is 0 Å². The smallest absolute Gasteiger partial charge is 0.274 e. The summed E-state index contributed by atoms with van der Waals surface area (Å²) in [5.74, 6) is 0.634. The first-order valence-electron chi connectivity index (χ1n) is 8.64. The van der Waals surface area contributed by atoms with Crippen LogP contribution in [0, 0.1) is 5.41 Å². The molecule has 0 bridgehead atoms. The molecule has 2 aromatic heterocycles. The fraction of sp³-hybridized carbons (Fsp3) is 0.556. The Morgan fingerprint density at radius 2 is 2.38 bits per heavy atom. The molecule has 2 saturated carbocycles. The summed E-state index contributed by atoms with van der Waals surface area (Å²) in [6, 6.07) is 5.66. The van der Waals surface area contributed by atoms with E-state index >= 15 is 0 Å². The normalized spacial score (nSPS) is 24.4. The fourth-order valence-electron chi connectivity index (χ4n) is 4.26. The van der Waals surface area contributed by atoms with Crippen LogP contribution in [0.5, 0.6) is 0 Å². The van der Waals surface area contributed by atoms with E-state index in [1.54, 1.807) is 12.3 Å². The lowest BCUT2D eigenvalue weighted by atomic mass is 9.50. The topological polar surface area (TPSA) is 71.4 Å². The van der Waals surface area contributed by atoms with Gasteiger partial charge in [0.05, 0.1) is 12.4 Å². The maximum Gasteiger partial charge on any atom is 0.274 e. The quantitative estimate of drug-likeness (QED) is 0.915. The number of aromatic nitrogens is 2. The summed E-state index contributed by atoms with van der Waals surface area (Å²) >= 11 is 0. The number of carbonyl (C=O) groups excluding carboxylic acids is 1. The van der Waals surface area contributed by atoms with Crippen molar-refractivity contribution in [3.05, 3.63) is 30.2 Å². The Morgan fingerprint density at radius 3 is 3.00 bits per heavy atom. The number of ether oxygens (including phenoxy) is 1. The van der Waals surface area contributed by atoms with E-state index in [1.807, 2.05) is 31.0 Å². The average Bonchev–Trinajstić information content (AvgIpc) is 3.18. The van der Waals surface area contributed by atoms with Gasteiger partial charge in [0.1, 0.15) is 5.69 Å². The number of nitrogens with zero attached hydrogens (tertiary/aromatic N) is 2. The predicted octanol–water partition coefficient (Wildman–Crippen LogP) is 3.09. The van der Waals surface area contributed by atoms with E-state index in [4.69, 9.17) is 9.15 Å². The predicted molar refractivity (Wildman–Crippen MR) is 88.5 cm³/mol. The Labute approximate surface area is 141 Å². The molecule has 4 rings (SSSR count). The van der Waals surface area contributed by atoms with E-state index in [0.717, 1.165) is 31.6 Å². The minimum Gasteiger partial charge on any atom is -0.463 e. The summed E-state index contributed by atoms with van der Waals surface area (Å²) in [6.07, 6.45) is 6.36. The molecule has 2 fully saturated rings. The van der Waals surface area contributed by atoms with E-state index in [-0.39, 0.29) is 17.4 Å². The van der Waals surface area contributed by atoms with Gasteiger partial charge in [-0.15, -0.1) is 0 Å². The van der Waals surface area contributed by atoms with E-state index < -0.39 is 0 Å². The van der Waals surface area contributed by atoms with Crippen molar-refractivity contribution in [3.63, 3.8) is 0 Å². The van der Waals surface area contributed by atoms with Crippen LogP contribution in [0.1, 0.15) is 43.1 Å². The molecule has 0 aliphatic heterocycles. The number of H-pyrrole nitrogens is 1. The highest BCUT2D eigenvalue weighted by molar-refractivity contribution is 5.93. The van der Waals surface area contributed by atoms with Crippen molar-refractivity contribution in [3.8, 4) is 11.5 Å². The number of hydrogen-bond acceptors (Lipinski definition) is 4. The molecule has 1 amide bonds. The van der Waals surface area contributed by atoms with E-state index in [9.17, 15) is 4.79 Å². The van der Waals surface area contributed by atoms with E-state index in [2.05, 4.69) is 10.2 Å². The Bertz CT molecular complexity index is 718. The first-order chi connectivity index (χ1) is 11.7. The summed E-state index contributed by atoms with van der Waals surface area (Å²) in [4.78, 5) is 14.7. The molecule has 6 heteroatoms. The Kier molecular flexibility index (Phi) is 3.72. The highest BCUT2D eigenvalue weighted by Crippen LogP contribution is 2.59. The maximum atomic E-state index is 12.8. The summed E-state index contributed by atoms with van der Waals surface area (Å²) in [7, 11) is 1.89. The van der Waals surface area contributed by atoms with Crippen LogP contribution in [0.3, 0.4) is 0 Å². The third-order valence-corrected chi connectivity index (χ3v) is 5.77. The zero-order valence-corrected chi connectivity index (χ0v) is 14.1. The molecule has 0 saturated heterocycles.